The lowest BCUT2D eigenvalue weighted by atomic mass is 10.4. The zero-order valence-corrected chi connectivity index (χ0v) is 5.24. The lowest BCUT2D eigenvalue weighted by molar-refractivity contribution is 0.163. The monoisotopic (exact) mass is 111 g/mol. The summed E-state index contributed by atoms with van der Waals surface area (Å²) in [6.07, 6.45) is 8.70. The van der Waals surface area contributed by atoms with Gasteiger partial charge in [-0.05, 0) is 12.8 Å². The van der Waals surface area contributed by atoms with Gasteiger partial charge in [0.05, 0.1) is 0 Å². The van der Waals surface area contributed by atoms with Crippen molar-refractivity contribution >= 4 is 0 Å². The molecule has 8 heavy (non-hydrogen) atoms. The molecule has 0 aliphatic carbocycles. The van der Waals surface area contributed by atoms with Crippen LogP contribution < -0.4 is 0 Å². The summed E-state index contributed by atoms with van der Waals surface area (Å²) in [6, 6.07) is 0. The molecule has 0 aromatic carbocycles. The highest BCUT2D eigenvalue weighted by molar-refractivity contribution is 4.73. The lowest BCUT2D eigenvalue weighted by Crippen LogP contribution is -1.92. The lowest BCUT2D eigenvalue weighted by Gasteiger charge is -1.94. The summed E-state index contributed by atoms with van der Waals surface area (Å²) in [5, 5.41) is 0. The standard InChI is InChI=1S/C7H11O/c1-3-5-7-8-6-4-2/h3,5-7H2,1H3. The SMILES string of the molecule is [C]#CCOCCCC. The first kappa shape index (κ1) is 7.52. The average Bonchev–Trinajstić information content (AvgIpc) is 1.81. The molecule has 0 aromatic heterocycles. The second-order valence-electron chi connectivity index (χ2n) is 1.58. The minimum atomic E-state index is 0.347. The van der Waals surface area contributed by atoms with Crippen molar-refractivity contribution in [2.24, 2.45) is 0 Å². The highest BCUT2D eigenvalue weighted by Crippen LogP contribution is 1.85. The first-order valence-electron chi connectivity index (χ1n) is 2.89. The number of hydrogen-bond acceptors (Lipinski definition) is 1. The quantitative estimate of drug-likeness (QED) is 0.393. The van der Waals surface area contributed by atoms with Crippen molar-refractivity contribution in [3.8, 4) is 5.92 Å². The molecule has 0 atom stereocenters. The zero-order chi connectivity index (χ0) is 6.24. The maximum absolute atomic E-state index is 6.46. The minimum Gasteiger partial charge on any atom is -0.369 e. The molecule has 0 aliphatic heterocycles. The Morgan fingerprint density at radius 1 is 1.62 bits per heavy atom. The van der Waals surface area contributed by atoms with Crippen molar-refractivity contribution in [3.63, 3.8) is 0 Å². The van der Waals surface area contributed by atoms with Gasteiger partial charge in [0.1, 0.15) is 6.61 Å². The van der Waals surface area contributed by atoms with Crippen LogP contribution in [0.2, 0.25) is 0 Å². The first-order chi connectivity index (χ1) is 3.91. The van der Waals surface area contributed by atoms with Gasteiger partial charge in [-0.1, -0.05) is 19.3 Å². The van der Waals surface area contributed by atoms with E-state index in [2.05, 4.69) is 12.8 Å². The Balaban J connectivity index is 2.65. The molecule has 1 nitrogen and oxygen atoms in total. The average molecular weight is 111 g/mol. The predicted octanol–water partition coefficient (Wildman–Crippen LogP) is 1.39. The summed E-state index contributed by atoms with van der Waals surface area (Å²) in [5.41, 5.74) is 0. The summed E-state index contributed by atoms with van der Waals surface area (Å²) in [7, 11) is 0. The van der Waals surface area contributed by atoms with E-state index in [0.29, 0.717) is 6.61 Å². The summed E-state index contributed by atoms with van der Waals surface area (Å²) in [4.78, 5) is 0. The van der Waals surface area contributed by atoms with E-state index in [-0.39, 0.29) is 0 Å². The predicted molar refractivity (Wildman–Crippen MR) is 32.9 cm³/mol. The molecule has 0 amide bonds. The van der Waals surface area contributed by atoms with Crippen molar-refractivity contribution < 1.29 is 4.74 Å². The Hall–Kier alpha value is -0.480. The van der Waals surface area contributed by atoms with Gasteiger partial charge in [0.25, 0.3) is 0 Å². The van der Waals surface area contributed by atoms with Crippen molar-refractivity contribution in [3.05, 3.63) is 6.42 Å². The molecular weight excluding hydrogens is 100 g/mol. The molecule has 0 aromatic rings. The second kappa shape index (κ2) is 6.52. The summed E-state index contributed by atoms with van der Waals surface area (Å²) < 4.78 is 4.92. The molecule has 1 radical (unpaired) electrons. The van der Waals surface area contributed by atoms with Crippen LogP contribution >= 0.6 is 0 Å². The smallest absolute Gasteiger partial charge is 0.108 e. The van der Waals surface area contributed by atoms with E-state index in [9.17, 15) is 0 Å². The summed E-state index contributed by atoms with van der Waals surface area (Å²) >= 11 is 0. The highest BCUT2D eigenvalue weighted by Gasteiger charge is 1.80. The summed E-state index contributed by atoms with van der Waals surface area (Å²) in [6.45, 7) is 3.22. The second-order valence-corrected chi connectivity index (χ2v) is 1.58. The molecule has 0 N–H and O–H groups in total. The van der Waals surface area contributed by atoms with E-state index < -0.39 is 0 Å². The molecule has 0 rings (SSSR count). The molecule has 0 aliphatic rings. The fraction of sp³-hybridized carbons (Fsp3) is 0.714. The Morgan fingerprint density at radius 3 is 2.88 bits per heavy atom. The maximum Gasteiger partial charge on any atom is 0.108 e. The van der Waals surface area contributed by atoms with E-state index in [1.54, 1.807) is 0 Å². The van der Waals surface area contributed by atoms with Gasteiger partial charge in [0, 0.05) is 6.61 Å². The van der Waals surface area contributed by atoms with Crippen LogP contribution in [0.5, 0.6) is 0 Å². The number of unbranched alkanes of at least 4 members (excludes halogenated alkanes) is 1. The molecule has 0 saturated carbocycles. The van der Waals surface area contributed by atoms with Crippen LogP contribution in [0.4, 0.5) is 0 Å². The Kier molecular flexibility index (Phi) is 6.13. The van der Waals surface area contributed by atoms with Gasteiger partial charge in [-0.25, -0.2) is 0 Å². The van der Waals surface area contributed by atoms with E-state index in [1.807, 2.05) is 0 Å². The van der Waals surface area contributed by atoms with Crippen LogP contribution in [0.15, 0.2) is 0 Å². The van der Waals surface area contributed by atoms with Crippen LogP contribution in [0, 0.1) is 12.3 Å². The Labute approximate surface area is 51.0 Å². The van der Waals surface area contributed by atoms with Gasteiger partial charge in [-0.3, -0.25) is 0 Å². The molecule has 45 valence electrons. The molecule has 0 saturated heterocycles. The van der Waals surface area contributed by atoms with Crippen LogP contribution in [-0.4, -0.2) is 13.2 Å². The molecule has 1 heteroatoms. The normalized spacial score (nSPS) is 8.50. The largest absolute Gasteiger partial charge is 0.369 e. The van der Waals surface area contributed by atoms with Crippen molar-refractivity contribution in [2.75, 3.05) is 13.2 Å². The van der Waals surface area contributed by atoms with E-state index in [1.165, 1.54) is 0 Å². The van der Waals surface area contributed by atoms with E-state index in [4.69, 9.17) is 11.2 Å². The van der Waals surface area contributed by atoms with E-state index in [0.717, 1.165) is 19.4 Å². The third kappa shape index (κ3) is 5.52. The minimum absolute atomic E-state index is 0.347. The van der Waals surface area contributed by atoms with Crippen molar-refractivity contribution in [1.29, 1.82) is 0 Å². The third-order valence-corrected chi connectivity index (χ3v) is 0.816. The third-order valence-electron chi connectivity index (χ3n) is 0.816. The van der Waals surface area contributed by atoms with Crippen LogP contribution in [0.1, 0.15) is 19.8 Å². The molecule has 0 spiro atoms. The van der Waals surface area contributed by atoms with Gasteiger partial charge in [0.2, 0.25) is 0 Å². The summed E-state index contributed by atoms with van der Waals surface area (Å²) in [5.74, 6) is 2.15. The highest BCUT2D eigenvalue weighted by atomic mass is 16.5. The van der Waals surface area contributed by atoms with Crippen LogP contribution in [0.3, 0.4) is 0 Å². The molecular formula is C7H11O. The van der Waals surface area contributed by atoms with Gasteiger partial charge in [-0.15, -0.1) is 0 Å². The Morgan fingerprint density at radius 2 is 2.38 bits per heavy atom. The zero-order valence-electron chi connectivity index (χ0n) is 5.24. The van der Waals surface area contributed by atoms with Crippen LogP contribution in [-0.2, 0) is 4.74 Å². The number of rotatable bonds is 4. The Bertz CT molecular complexity index is 70.9. The fourth-order valence-corrected chi connectivity index (χ4v) is 0.370. The van der Waals surface area contributed by atoms with Crippen LogP contribution in [0.25, 0.3) is 0 Å². The van der Waals surface area contributed by atoms with Crippen molar-refractivity contribution in [2.45, 2.75) is 19.8 Å². The fourth-order valence-electron chi connectivity index (χ4n) is 0.370. The molecule has 0 bridgehead atoms. The first-order valence-corrected chi connectivity index (χ1v) is 2.89. The molecule has 0 unspecified atom stereocenters. The van der Waals surface area contributed by atoms with Gasteiger partial charge >= 0.3 is 0 Å². The van der Waals surface area contributed by atoms with Gasteiger partial charge in [-0.2, -0.15) is 0 Å². The van der Waals surface area contributed by atoms with Gasteiger partial charge in [0.15, 0.2) is 0 Å². The topological polar surface area (TPSA) is 9.23 Å². The maximum atomic E-state index is 6.46. The molecule has 0 fully saturated rings. The number of ether oxygens (including phenoxy) is 1. The van der Waals surface area contributed by atoms with Crippen molar-refractivity contribution in [1.82, 2.24) is 0 Å². The number of hydrogen-bond donors (Lipinski definition) is 0. The van der Waals surface area contributed by atoms with E-state index >= 15 is 0 Å². The molecule has 0 heterocycles. The van der Waals surface area contributed by atoms with Gasteiger partial charge < -0.3 is 4.74 Å².